The lowest BCUT2D eigenvalue weighted by atomic mass is 9.64. The molecule has 42 heavy (non-hydrogen) atoms. The Kier molecular flexibility index (Phi) is 7.53. The first kappa shape index (κ1) is 27.9. The van der Waals surface area contributed by atoms with E-state index < -0.39 is 0 Å². The van der Waals surface area contributed by atoms with Gasteiger partial charge in [-0.25, -0.2) is 9.29 Å². The highest BCUT2D eigenvalue weighted by atomic mass is 32.2. The van der Waals surface area contributed by atoms with Crippen LogP contribution in [0.1, 0.15) is 63.9 Å². The SMILES string of the molecule is CCN(C)SNc1cc(-c2ccc3ncc4c(c3c2)C2(CCC2)C(=O)N4C)cnc1N1CCC(N2CCCCC2)CC1. The average molecular weight is 586 g/mol. The lowest BCUT2D eigenvalue weighted by molar-refractivity contribution is -0.125. The third kappa shape index (κ3) is 4.74. The summed E-state index contributed by atoms with van der Waals surface area (Å²) in [4.78, 5) is 30.2. The Morgan fingerprint density at radius 2 is 1.79 bits per heavy atom. The molecular weight excluding hydrogens is 542 g/mol. The van der Waals surface area contributed by atoms with Gasteiger partial charge < -0.3 is 19.4 Å². The summed E-state index contributed by atoms with van der Waals surface area (Å²) < 4.78 is 5.82. The van der Waals surface area contributed by atoms with Crippen LogP contribution in [0.25, 0.3) is 22.0 Å². The summed E-state index contributed by atoms with van der Waals surface area (Å²) in [6.07, 6.45) is 13.3. The van der Waals surface area contributed by atoms with Gasteiger partial charge >= 0.3 is 0 Å². The van der Waals surface area contributed by atoms with Gasteiger partial charge in [0.15, 0.2) is 5.82 Å². The number of carbonyl (C=O) groups excluding carboxylic acids is 1. The molecule has 0 radical (unpaired) electrons. The van der Waals surface area contributed by atoms with Crippen molar-refractivity contribution in [1.29, 1.82) is 0 Å². The molecule has 3 fully saturated rings. The predicted octanol–water partition coefficient (Wildman–Crippen LogP) is 6.08. The number of carbonyl (C=O) groups is 1. The van der Waals surface area contributed by atoms with E-state index in [2.05, 4.69) is 57.1 Å². The first-order valence-corrected chi connectivity index (χ1v) is 16.6. The van der Waals surface area contributed by atoms with Crippen LogP contribution >= 0.6 is 12.1 Å². The lowest BCUT2D eigenvalue weighted by Crippen LogP contribution is -2.47. The van der Waals surface area contributed by atoms with E-state index in [9.17, 15) is 4.79 Å². The zero-order chi connectivity index (χ0) is 28.8. The Morgan fingerprint density at radius 1 is 1.00 bits per heavy atom. The fourth-order valence-corrected chi connectivity index (χ4v) is 8.04. The average Bonchev–Trinajstić information content (AvgIpc) is 3.26. The van der Waals surface area contributed by atoms with Gasteiger partial charge in [-0.1, -0.05) is 25.8 Å². The number of anilines is 3. The summed E-state index contributed by atoms with van der Waals surface area (Å²) >= 11 is 1.62. The van der Waals surface area contributed by atoms with Gasteiger partial charge in [-0.2, -0.15) is 0 Å². The number of benzene rings is 1. The molecule has 1 aromatic carbocycles. The molecule has 0 bridgehead atoms. The predicted molar refractivity (Wildman–Crippen MR) is 174 cm³/mol. The Balaban J connectivity index is 1.21. The van der Waals surface area contributed by atoms with Crippen molar-refractivity contribution in [2.75, 3.05) is 61.3 Å². The van der Waals surface area contributed by atoms with Gasteiger partial charge in [0.1, 0.15) is 0 Å². The first-order chi connectivity index (χ1) is 20.5. The van der Waals surface area contributed by atoms with Crippen LogP contribution < -0.4 is 14.5 Å². The maximum atomic E-state index is 13.3. The molecule has 4 aliphatic rings. The number of hydrogen-bond acceptors (Lipinski definition) is 8. The van der Waals surface area contributed by atoms with Crippen LogP contribution in [0.4, 0.5) is 17.2 Å². The van der Waals surface area contributed by atoms with Crippen molar-refractivity contribution in [3.63, 3.8) is 0 Å². The van der Waals surface area contributed by atoms with Gasteiger partial charge in [0, 0.05) is 67.6 Å². The van der Waals surface area contributed by atoms with Gasteiger partial charge in [-0.05, 0) is 82.4 Å². The van der Waals surface area contributed by atoms with Crippen molar-refractivity contribution in [2.45, 2.75) is 69.7 Å². The second-order valence-corrected chi connectivity index (χ2v) is 13.6. The van der Waals surface area contributed by atoms with E-state index in [0.717, 1.165) is 78.1 Å². The van der Waals surface area contributed by atoms with E-state index in [0.29, 0.717) is 6.04 Å². The largest absolute Gasteiger partial charge is 0.355 e. The number of nitrogens with zero attached hydrogens (tertiary/aromatic N) is 6. The fourth-order valence-electron chi connectivity index (χ4n) is 7.51. The third-order valence-electron chi connectivity index (χ3n) is 10.2. The van der Waals surface area contributed by atoms with Gasteiger partial charge in [-0.3, -0.25) is 9.78 Å². The topological polar surface area (TPSA) is 67.8 Å². The van der Waals surface area contributed by atoms with Crippen molar-refractivity contribution in [3.05, 3.63) is 42.2 Å². The second-order valence-electron chi connectivity index (χ2n) is 12.6. The molecule has 2 saturated heterocycles. The maximum absolute atomic E-state index is 13.3. The number of fused-ring (bicyclic) bond motifs is 4. The molecule has 0 unspecified atom stereocenters. The quantitative estimate of drug-likeness (QED) is 0.335. The Bertz CT molecular complexity index is 1480. The van der Waals surface area contributed by atoms with E-state index in [1.807, 2.05) is 24.3 Å². The number of likely N-dealkylation sites (N-methyl/N-ethyl adjacent to an activating group) is 1. The highest BCUT2D eigenvalue weighted by molar-refractivity contribution is 7.98. The van der Waals surface area contributed by atoms with Crippen molar-refractivity contribution in [3.8, 4) is 11.1 Å². The first-order valence-electron chi connectivity index (χ1n) is 15.8. The molecule has 3 aliphatic heterocycles. The van der Waals surface area contributed by atoms with Gasteiger partial charge in [0.2, 0.25) is 5.91 Å². The minimum absolute atomic E-state index is 0.224. The van der Waals surface area contributed by atoms with E-state index in [-0.39, 0.29) is 11.3 Å². The van der Waals surface area contributed by atoms with Crippen LogP contribution in [0.3, 0.4) is 0 Å². The summed E-state index contributed by atoms with van der Waals surface area (Å²) in [5.74, 6) is 1.26. The number of rotatable bonds is 7. The van der Waals surface area contributed by atoms with Gasteiger partial charge in [0.25, 0.3) is 0 Å². The van der Waals surface area contributed by atoms with E-state index in [1.54, 1.807) is 12.1 Å². The molecule has 1 aliphatic carbocycles. The minimum atomic E-state index is -0.375. The van der Waals surface area contributed by atoms with E-state index in [1.165, 1.54) is 50.8 Å². The number of likely N-dealkylation sites (tertiary alicyclic amines) is 1. The Morgan fingerprint density at radius 3 is 2.50 bits per heavy atom. The van der Waals surface area contributed by atoms with Crippen molar-refractivity contribution in [2.24, 2.45) is 0 Å². The Hall–Kier alpha value is -2.88. The highest BCUT2D eigenvalue weighted by Gasteiger charge is 2.54. The van der Waals surface area contributed by atoms with E-state index >= 15 is 0 Å². The lowest BCUT2D eigenvalue weighted by Gasteiger charge is -2.41. The third-order valence-corrected chi connectivity index (χ3v) is 11.1. The molecule has 8 nitrogen and oxygen atoms in total. The molecule has 2 aromatic heterocycles. The zero-order valence-electron chi connectivity index (χ0n) is 25.2. The Labute approximate surface area is 254 Å². The van der Waals surface area contributed by atoms with E-state index in [4.69, 9.17) is 9.97 Å². The number of pyridine rings is 2. The van der Waals surface area contributed by atoms with Crippen molar-refractivity contribution >= 4 is 46.1 Å². The number of piperidine rings is 2. The summed E-state index contributed by atoms with van der Waals surface area (Å²) in [5.41, 5.74) is 5.95. The molecule has 7 rings (SSSR count). The molecule has 3 aromatic rings. The molecular formula is C33H43N7OS. The van der Waals surface area contributed by atoms with Crippen molar-refractivity contribution in [1.82, 2.24) is 19.2 Å². The second kappa shape index (κ2) is 11.3. The maximum Gasteiger partial charge on any atom is 0.237 e. The standard InChI is InChI=1S/C33H43N7OS/c1-4-37(2)42-36-28-20-24(21-35-31(28)40-17-11-25(12-18-40)39-15-6-5-7-16-39)23-9-10-27-26(19-23)30-29(22-34-27)38(3)32(41)33(30)13-8-14-33/h9-10,19-22,25,36H,4-8,11-18H2,1-3H3. The number of hydrogen-bond donors (Lipinski definition) is 1. The smallest absolute Gasteiger partial charge is 0.237 e. The van der Waals surface area contributed by atoms with Crippen LogP contribution in [0.2, 0.25) is 0 Å². The summed E-state index contributed by atoms with van der Waals surface area (Å²) in [6, 6.07) is 9.45. The number of amides is 1. The van der Waals surface area contributed by atoms with Gasteiger partial charge in [-0.15, -0.1) is 0 Å². The normalized spacial score (nSPS) is 20.9. The molecule has 1 N–H and O–H groups in total. The zero-order valence-corrected chi connectivity index (χ0v) is 26.1. The molecule has 1 saturated carbocycles. The minimum Gasteiger partial charge on any atom is -0.355 e. The van der Waals surface area contributed by atoms with Crippen LogP contribution in [0.5, 0.6) is 0 Å². The summed E-state index contributed by atoms with van der Waals surface area (Å²) in [6.45, 7) is 7.70. The highest BCUT2D eigenvalue weighted by Crippen LogP contribution is 2.55. The number of nitrogens with one attached hydrogen (secondary N) is 1. The molecule has 0 atom stereocenters. The summed E-state index contributed by atoms with van der Waals surface area (Å²) in [7, 11) is 4.00. The molecule has 1 amide bonds. The molecule has 1 spiro atoms. The monoisotopic (exact) mass is 585 g/mol. The van der Waals surface area contributed by atoms with Crippen LogP contribution in [0, 0.1) is 0 Å². The van der Waals surface area contributed by atoms with Crippen LogP contribution in [-0.4, -0.2) is 77.9 Å². The fraction of sp³-hybridized carbons (Fsp3) is 0.545. The van der Waals surface area contributed by atoms with Crippen molar-refractivity contribution < 1.29 is 4.79 Å². The molecule has 9 heteroatoms. The van der Waals surface area contributed by atoms with Gasteiger partial charge in [0.05, 0.1) is 28.5 Å². The molecule has 5 heterocycles. The number of aromatic nitrogens is 2. The molecule has 222 valence electrons. The summed E-state index contributed by atoms with van der Waals surface area (Å²) in [5, 5.41) is 1.10. The van der Waals surface area contributed by atoms with Crippen LogP contribution in [-0.2, 0) is 10.2 Å². The van der Waals surface area contributed by atoms with Crippen LogP contribution in [0.15, 0.2) is 36.7 Å².